The van der Waals surface area contributed by atoms with Crippen LogP contribution in [0.2, 0.25) is 0 Å². The van der Waals surface area contributed by atoms with Gasteiger partial charge in [0.05, 0.1) is 11.4 Å². The van der Waals surface area contributed by atoms with E-state index in [1.807, 2.05) is 45.0 Å². The molecule has 2 aromatic rings. The normalized spacial score (nSPS) is 13.2. The lowest BCUT2D eigenvalue weighted by Crippen LogP contribution is -2.52. The molecule has 2 aromatic carbocycles. The van der Waals surface area contributed by atoms with E-state index in [1.165, 1.54) is 11.8 Å². The van der Waals surface area contributed by atoms with Gasteiger partial charge in [-0.3, -0.25) is 13.9 Å². The number of carbonyl (C=O) groups is 2. The van der Waals surface area contributed by atoms with E-state index < -0.39 is 28.5 Å². The number of nitrogens with zero attached hydrogens (tertiary/aromatic N) is 2. The average molecular weight is 532 g/mol. The highest BCUT2D eigenvalue weighted by Crippen LogP contribution is 2.36. The summed E-state index contributed by atoms with van der Waals surface area (Å²) in [5.74, 6) is 0.0272. The largest absolute Gasteiger partial charge is 0.454 e. The van der Waals surface area contributed by atoms with Crippen molar-refractivity contribution in [2.24, 2.45) is 0 Å². The number of sulfonamides is 1. The second-order valence-corrected chi connectivity index (χ2v) is 11.2. The number of ether oxygens (including phenoxy) is 2. The third kappa shape index (κ3) is 7.15. The molecule has 0 radical (unpaired) electrons. The summed E-state index contributed by atoms with van der Waals surface area (Å²) in [6.45, 7) is 7.68. The fraction of sp³-hybridized carbons (Fsp3) is 0.481. The van der Waals surface area contributed by atoms with E-state index in [1.54, 1.807) is 18.2 Å². The van der Waals surface area contributed by atoms with E-state index in [2.05, 4.69) is 5.32 Å². The molecule has 3 rings (SSSR count). The minimum absolute atomic E-state index is 0.0494. The van der Waals surface area contributed by atoms with E-state index in [0.29, 0.717) is 30.2 Å². The number of unbranched alkanes of at least 4 members (excludes halogenated alkanes) is 1. The number of hydrogen-bond donors (Lipinski definition) is 1. The summed E-state index contributed by atoms with van der Waals surface area (Å²) >= 11 is 0. The molecule has 1 aliphatic rings. The van der Waals surface area contributed by atoms with Crippen LogP contribution in [0.15, 0.2) is 42.5 Å². The highest BCUT2D eigenvalue weighted by atomic mass is 32.2. The van der Waals surface area contributed by atoms with Gasteiger partial charge in [-0.1, -0.05) is 50.1 Å². The molecule has 2 amide bonds. The number of anilines is 1. The lowest BCUT2D eigenvalue weighted by Gasteiger charge is -2.33. The van der Waals surface area contributed by atoms with Crippen molar-refractivity contribution in [2.75, 3.05) is 29.9 Å². The molecular weight excluding hydrogens is 494 g/mol. The standard InChI is InChI=1S/C27H37N3O6S/c1-5-8-14-28-27(32)23(6-2)29(17-21-11-9-10-20(4)15-21)26(31)18-30(37(33,34)7-3)22-12-13-24-25(16-22)36-19-35-24/h9-13,15-16,23H,5-8,14,17-19H2,1-4H3,(H,28,32)/t23-/m0/s1. The third-order valence-electron chi connectivity index (χ3n) is 6.27. The molecule has 0 bridgehead atoms. The molecule has 10 heteroatoms. The first-order valence-electron chi connectivity index (χ1n) is 12.7. The molecule has 0 aliphatic carbocycles. The summed E-state index contributed by atoms with van der Waals surface area (Å²) in [7, 11) is -3.82. The van der Waals surface area contributed by atoms with Crippen molar-refractivity contribution in [1.29, 1.82) is 0 Å². The van der Waals surface area contributed by atoms with Crippen LogP contribution in [0.5, 0.6) is 11.5 Å². The predicted octanol–water partition coefficient (Wildman–Crippen LogP) is 3.60. The van der Waals surface area contributed by atoms with Gasteiger partial charge < -0.3 is 19.7 Å². The highest BCUT2D eigenvalue weighted by molar-refractivity contribution is 7.92. The summed E-state index contributed by atoms with van der Waals surface area (Å²) in [6, 6.07) is 11.7. The first-order valence-corrected chi connectivity index (χ1v) is 14.3. The summed E-state index contributed by atoms with van der Waals surface area (Å²) in [5, 5.41) is 2.93. The van der Waals surface area contributed by atoms with Gasteiger partial charge >= 0.3 is 0 Å². The molecule has 1 heterocycles. The lowest BCUT2D eigenvalue weighted by molar-refractivity contribution is -0.140. The Labute approximate surface area is 219 Å². The van der Waals surface area contributed by atoms with Crippen molar-refractivity contribution in [3.8, 4) is 11.5 Å². The fourth-order valence-corrected chi connectivity index (χ4v) is 5.25. The molecule has 1 aliphatic heterocycles. The third-order valence-corrected chi connectivity index (χ3v) is 8.02. The molecule has 0 aromatic heterocycles. The molecule has 9 nitrogen and oxygen atoms in total. The van der Waals surface area contributed by atoms with Crippen molar-refractivity contribution < 1.29 is 27.5 Å². The van der Waals surface area contributed by atoms with Crippen LogP contribution in [-0.4, -0.2) is 56.8 Å². The molecule has 0 unspecified atom stereocenters. The maximum Gasteiger partial charge on any atom is 0.244 e. The van der Waals surface area contributed by atoms with E-state index in [4.69, 9.17) is 9.47 Å². The van der Waals surface area contributed by atoms with E-state index in [-0.39, 0.29) is 25.0 Å². The van der Waals surface area contributed by atoms with Crippen molar-refractivity contribution in [3.05, 3.63) is 53.6 Å². The SMILES string of the molecule is CCCCNC(=O)[C@H](CC)N(Cc1cccc(C)c1)C(=O)CN(c1ccc2c(c1)OCO2)S(=O)(=O)CC. The first kappa shape index (κ1) is 28.3. The zero-order chi connectivity index (χ0) is 27.0. The zero-order valence-electron chi connectivity index (χ0n) is 22.0. The maximum atomic E-state index is 13.8. The maximum absolute atomic E-state index is 13.8. The predicted molar refractivity (Wildman–Crippen MR) is 143 cm³/mol. The molecule has 0 spiro atoms. The van der Waals surface area contributed by atoms with Crippen LogP contribution in [0.3, 0.4) is 0 Å². The Balaban J connectivity index is 1.95. The number of nitrogens with one attached hydrogen (secondary N) is 1. The number of benzene rings is 2. The monoisotopic (exact) mass is 531 g/mol. The van der Waals surface area contributed by atoms with Gasteiger partial charge in [-0.15, -0.1) is 0 Å². The molecule has 1 N–H and O–H groups in total. The fourth-order valence-electron chi connectivity index (χ4n) is 4.19. The summed E-state index contributed by atoms with van der Waals surface area (Å²) in [6.07, 6.45) is 2.16. The van der Waals surface area contributed by atoms with Gasteiger partial charge in [0.2, 0.25) is 28.6 Å². The van der Waals surface area contributed by atoms with Crippen molar-refractivity contribution >= 4 is 27.5 Å². The topological polar surface area (TPSA) is 105 Å². The number of fused-ring (bicyclic) bond motifs is 1. The number of hydrogen-bond acceptors (Lipinski definition) is 6. The van der Waals surface area contributed by atoms with Crippen LogP contribution in [0.4, 0.5) is 5.69 Å². The number of carbonyl (C=O) groups excluding carboxylic acids is 2. The summed E-state index contributed by atoms with van der Waals surface area (Å²) < 4.78 is 38.1. The van der Waals surface area contributed by atoms with Gasteiger partial charge in [-0.05, 0) is 44.4 Å². The number of amides is 2. The Bertz CT molecular complexity index is 1200. The highest BCUT2D eigenvalue weighted by Gasteiger charge is 2.33. The van der Waals surface area contributed by atoms with Gasteiger partial charge in [0.25, 0.3) is 0 Å². The second-order valence-electron chi connectivity index (χ2n) is 9.02. The smallest absolute Gasteiger partial charge is 0.244 e. The van der Waals surface area contributed by atoms with Crippen LogP contribution >= 0.6 is 0 Å². The van der Waals surface area contributed by atoms with Gasteiger partial charge in [0.15, 0.2) is 11.5 Å². The summed E-state index contributed by atoms with van der Waals surface area (Å²) in [4.78, 5) is 28.4. The van der Waals surface area contributed by atoms with Gasteiger partial charge in [-0.25, -0.2) is 8.42 Å². The molecule has 1 atom stereocenters. The minimum Gasteiger partial charge on any atom is -0.454 e. The Hall–Kier alpha value is -3.27. The van der Waals surface area contributed by atoms with Crippen molar-refractivity contribution in [2.45, 2.75) is 59.5 Å². The Morgan fingerprint density at radius 1 is 1.05 bits per heavy atom. The second kappa shape index (κ2) is 12.8. The van der Waals surface area contributed by atoms with Crippen LogP contribution in [0, 0.1) is 6.92 Å². The quantitative estimate of drug-likeness (QED) is 0.396. The average Bonchev–Trinajstić information content (AvgIpc) is 3.35. The van der Waals surface area contributed by atoms with Gasteiger partial charge in [0, 0.05) is 19.2 Å². The van der Waals surface area contributed by atoms with Crippen molar-refractivity contribution in [1.82, 2.24) is 10.2 Å². The first-order chi connectivity index (χ1) is 17.7. The van der Waals surface area contributed by atoms with Gasteiger partial charge in [-0.2, -0.15) is 0 Å². The van der Waals surface area contributed by atoms with Crippen LogP contribution in [-0.2, 0) is 26.2 Å². The Kier molecular flexibility index (Phi) is 9.79. The zero-order valence-corrected chi connectivity index (χ0v) is 22.8. The van der Waals surface area contributed by atoms with Crippen LogP contribution < -0.4 is 19.1 Å². The number of aryl methyl sites for hydroxylation is 1. The molecular formula is C27H37N3O6S. The van der Waals surface area contributed by atoms with Crippen LogP contribution in [0.1, 0.15) is 51.2 Å². The molecule has 0 saturated heterocycles. The Morgan fingerprint density at radius 3 is 2.49 bits per heavy atom. The Morgan fingerprint density at radius 2 is 1.81 bits per heavy atom. The molecule has 0 saturated carbocycles. The van der Waals surface area contributed by atoms with Crippen molar-refractivity contribution in [3.63, 3.8) is 0 Å². The van der Waals surface area contributed by atoms with Crippen LogP contribution in [0.25, 0.3) is 0 Å². The molecule has 37 heavy (non-hydrogen) atoms. The van der Waals surface area contributed by atoms with E-state index in [9.17, 15) is 18.0 Å². The lowest BCUT2D eigenvalue weighted by atomic mass is 10.1. The number of rotatable bonds is 13. The van der Waals surface area contributed by atoms with E-state index >= 15 is 0 Å². The summed E-state index contributed by atoms with van der Waals surface area (Å²) in [5.41, 5.74) is 2.19. The molecule has 202 valence electrons. The van der Waals surface area contributed by atoms with E-state index in [0.717, 1.165) is 28.3 Å². The minimum atomic E-state index is -3.82. The van der Waals surface area contributed by atoms with Gasteiger partial charge in [0.1, 0.15) is 12.6 Å². The molecule has 0 fully saturated rings.